The van der Waals surface area contributed by atoms with Gasteiger partial charge >= 0.3 is 12.1 Å². The van der Waals surface area contributed by atoms with Gasteiger partial charge in [-0.1, -0.05) is 53.7 Å². The average molecular weight is 525 g/mol. The first-order valence-electron chi connectivity index (χ1n) is 11.9. The van der Waals surface area contributed by atoms with Crippen molar-refractivity contribution in [2.75, 3.05) is 6.61 Å². The number of halogens is 3. The van der Waals surface area contributed by atoms with Crippen LogP contribution >= 0.6 is 0 Å². The Morgan fingerprint density at radius 3 is 2.39 bits per heavy atom. The van der Waals surface area contributed by atoms with Crippen molar-refractivity contribution in [3.8, 4) is 34.0 Å². The van der Waals surface area contributed by atoms with Gasteiger partial charge in [-0.2, -0.15) is 18.2 Å². The second-order valence-corrected chi connectivity index (χ2v) is 9.78. The van der Waals surface area contributed by atoms with Crippen molar-refractivity contribution < 1.29 is 32.0 Å². The van der Waals surface area contributed by atoms with E-state index in [4.69, 9.17) is 14.0 Å². The molecule has 4 rings (SSSR count). The third kappa shape index (κ3) is 6.66. The molecule has 0 aliphatic carbocycles. The molecule has 3 aromatic carbocycles. The normalized spacial score (nSPS) is 12.0. The van der Waals surface area contributed by atoms with E-state index in [2.05, 4.69) is 10.1 Å². The number of hydrogen-bond donors (Lipinski definition) is 0. The van der Waals surface area contributed by atoms with Crippen LogP contribution in [0, 0.1) is 6.92 Å². The standard InChI is InChI=1S/C29H27F3N2O4/c1-18-8-5-6-11-22(18)23-13-12-21(15-24(23)29(30,31)32)27-33-26(34-38-27)20-10-7-9-19(14-20)16-36-17-25(35)37-28(2,3)4/h5-15H,16-17H2,1-4H3. The molecule has 9 heteroatoms. The SMILES string of the molecule is Cc1ccccc1-c1ccc(-c2nc(-c3cccc(COCC(=O)OC(C)(C)C)c3)no2)cc1C(F)(F)F. The van der Waals surface area contributed by atoms with Crippen LogP contribution in [0.4, 0.5) is 13.2 Å². The lowest BCUT2D eigenvalue weighted by molar-refractivity contribution is -0.160. The van der Waals surface area contributed by atoms with Gasteiger partial charge in [-0.3, -0.25) is 0 Å². The predicted octanol–water partition coefficient (Wildman–Crippen LogP) is 7.26. The van der Waals surface area contributed by atoms with Crippen molar-refractivity contribution >= 4 is 5.97 Å². The van der Waals surface area contributed by atoms with Crippen molar-refractivity contribution in [1.29, 1.82) is 0 Å². The molecule has 0 amide bonds. The lowest BCUT2D eigenvalue weighted by Gasteiger charge is -2.19. The van der Waals surface area contributed by atoms with E-state index in [0.29, 0.717) is 11.1 Å². The highest BCUT2D eigenvalue weighted by atomic mass is 19.4. The Morgan fingerprint density at radius 2 is 1.68 bits per heavy atom. The molecule has 0 saturated heterocycles. The number of benzene rings is 3. The van der Waals surface area contributed by atoms with Gasteiger partial charge in [0.1, 0.15) is 12.2 Å². The second kappa shape index (κ2) is 10.8. The molecule has 6 nitrogen and oxygen atoms in total. The minimum Gasteiger partial charge on any atom is -0.458 e. The lowest BCUT2D eigenvalue weighted by atomic mass is 9.94. The smallest absolute Gasteiger partial charge is 0.417 e. The van der Waals surface area contributed by atoms with Crippen LogP contribution in [-0.4, -0.2) is 28.3 Å². The highest BCUT2D eigenvalue weighted by Crippen LogP contribution is 2.40. The molecule has 0 radical (unpaired) electrons. The molecular weight excluding hydrogens is 497 g/mol. The van der Waals surface area contributed by atoms with Crippen molar-refractivity contribution in [2.45, 2.75) is 46.1 Å². The first kappa shape index (κ1) is 27.1. The first-order valence-corrected chi connectivity index (χ1v) is 11.9. The van der Waals surface area contributed by atoms with Gasteiger partial charge < -0.3 is 14.0 Å². The van der Waals surface area contributed by atoms with Crippen LogP contribution in [0.15, 0.2) is 71.3 Å². The number of ether oxygens (including phenoxy) is 2. The van der Waals surface area contributed by atoms with Gasteiger partial charge in [-0.05, 0) is 68.1 Å². The number of nitrogens with zero attached hydrogens (tertiary/aromatic N) is 2. The second-order valence-electron chi connectivity index (χ2n) is 9.78. The van der Waals surface area contributed by atoms with Gasteiger partial charge in [0.15, 0.2) is 0 Å². The van der Waals surface area contributed by atoms with E-state index >= 15 is 0 Å². The fourth-order valence-electron chi connectivity index (χ4n) is 3.90. The molecule has 0 bridgehead atoms. The van der Waals surface area contributed by atoms with E-state index in [9.17, 15) is 18.0 Å². The quantitative estimate of drug-likeness (QED) is 0.237. The fourth-order valence-corrected chi connectivity index (χ4v) is 3.90. The summed E-state index contributed by atoms with van der Waals surface area (Å²) in [6, 6.07) is 18.0. The molecule has 38 heavy (non-hydrogen) atoms. The molecule has 0 N–H and O–H groups in total. The highest BCUT2D eigenvalue weighted by molar-refractivity contribution is 5.74. The molecule has 0 unspecified atom stereocenters. The number of aromatic nitrogens is 2. The first-order chi connectivity index (χ1) is 17.9. The highest BCUT2D eigenvalue weighted by Gasteiger charge is 2.34. The van der Waals surface area contributed by atoms with Crippen LogP contribution in [0.5, 0.6) is 0 Å². The topological polar surface area (TPSA) is 74.5 Å². The zero-order valence-electron chi connectivity index (χ0n) is 21.4. The maximum absolute atomic E-state index is 14.0. The summed E-state index contributed by atoms with van der Waals surface area (Å²) in [5.74, 6) is -0.290. The summed E-state index contributed by atoms with van der Waals surface area (Å²) in [5.41, 5.74) is 1.43. The van der Waals surface area contributed by atoms with E-state index in [0.717, 1.165) is 17.2 Å². The predicted molar refractivity (Wildman–Crippen MR) is 136 cm³/mol. The fraction of sp³-hybridized carbons (Fsp3) is 0.276. The summed E-state index contributed by atoms with van der Waals surface area (Å²) >= 11 is 0. The Labute approximate surface area is 218 Å². The number of aryl methyl sites for hydroxylation is 1. The summed E-state index contributed by atoms with van der Waals surface area (Å²) in [4.78, 5) is 16.2. The molecule has 1 heterocycles. The van der Waals surface area contributed by atoms with Crippen LogP contribution in [-0.2, 0) is 27.1 Å². The lowest BCUT2D eigenvalue weighted by Crippen LogP contribution is -2.26. The minimum absolute atomic E-state index is 0.0339. The number of carbonyl (C=O) groups is 1. The van der Waals surface area contributed by atoms with Gasteiger partial charge in [0.25, 0.3) is 5.89 Å². The summed E-state index contributed by atoms with van der Waals surface area (Å²) in [7, 11) is 0. The minimum atomic E-state index is -4.58. The van der Waals surface area contributed by atoms with Crippen molar-refractivity contribution in [2.24, 2.45) is 0 Å². The maximum atomic E-state index is 14.0. The number of esters is 1. The Kier molecular flexibility index (Phi) is 7.68. The Balaban J connectivity index is 1.54. The van der Waals surface area contributed by atoms with Crippen LogP contribution in [0.3, 0.4) is 0 Å². The third-order valence-electron chi connectivity index (χ3n) is 5.53. The number of rotatable bonds is 7. The van der Waals surface area contributed by atoms with Crippen molar-refractivity contribution in [3.63, 3.8) is 0 Å². The van der Waals surface area contributed by atoms with E-state index in [1.54, 1.807) is 76.2 Å². The molecule has 0 spiro atoms. The average Bonchev–Trinajstić information content (AvgIpc) is 3.33. The summed E-state index contributed by atoms with van der Waals surface area (Å²) in [5, 5.41) is 3.96. The Morgan fingerprint density at radius 1 is 0.921 bits per heavy atom. The Bertz CT molecular complexity index is 1440. The molecular formula is C29H27F3N2O4. The molecule has 0 aliphatic heterocycles. The Hall–Kier alpha value is -3.98. The van der Waals surface area contributed by atoms with Gasteiger partial charge in [0, 0.05) is 11.1 Å². The van der Waals surface area contributed by atoms with E-state index in [1.807, 2.05) is 0 Å². The molecule has 198 valence electrons. The van der Waals surface area contributed by atoms with E-state index < -0.39 is 23.3 Å². The van der Waals surface area contributed by atoms with Crippen molar-refractivity contribution in [3.05, 3.63) is 83.4 Å². The molecule has 4 aromatic rings. The van der Waals surface area contributed by atoms with E-state index in [-0.39, 0.29) is 36.1 Å². The largest absolute Gasteiger partial charge is 0.458 e. The number of alkyl halides is 3. The zero-order chi connectivity index (χ0) is 27.5. The van der Waals surface area contributed by atoms with Gasteiger partial charge in [0.2, 0.25) is 5.82 Å². The van der Waals surface area contributed by atoms with Crippen LogP contribution in [0.1, 0.15) is 37.5 Å². The third-order valence-corrected chi connectivity index (χ3v) is 5.53. The molecule has 1 aromatic heterocycles. The molecule has 0 fully saturated rings. The summed E-state index contributed by atoms with van der Waals surface area (Å²) in [6.07, 6.45) is -4.58. The van der Waals surface area contributed by atoms with Gasteiger partial charge in [0.05, 0.1) is 12.2 Å². The molecule has 0 atom stereocenters. The monoisotopic (exact) mass is 524 g/mol. The van der Waals surface area contributed by atoms with Crippen LogP contribution in [0.2, 0.25) is 0 Å². The molecule has 0 saturated carbocycles. The zero-order valence-corrected chi connectivity index (χ0v) is 21.4. The van der Waals surface area contributed by atoms with Crippen molar-refractivity contribution in [1.82, 2.24) is 10.1 Å². The van der Waals surface area contributed by atoms with Crippen LogP contribution in [0.25, 0.3) is 34.0 Å². The van der Waals surface area contributed by atoms with Gasteiger partial charge in [-0.15, -0.1) is 0 Å². The summed E-state index contributed by atoms with van der Waals surface area (Å²) < 4.78 is 58.0. The van der Waals surface area contributed by atoms with E-state index in [1.165, 1.54) is 12.1 Å². The van der Waals surface area contributed by atoms with Gasteiger partial charge in [-0.25, -0.2) is 4.79 Å². The molecule has 0 aliphatic rings. The van der Waals surface area contributed by atoms with Crippen LogP contribution < -0.4 is 0 Å². The number of hydrogen-bond acceptors (Lipinski definition) is 6. The maximum Gasteiger partial charge on any atom is 0.417 e. The number of carbonyl (C=O) groups excluding carboxylic acids is 1. The summed E-state index contributed by atoms with van der Waals surface area (Å²) in [6.45, 7) is 7.04.